The van der Waals surface area contributed by atoms with Crippen LogP contribution in [0.15, 0.2) is 0 Å². The summed E-state index contributed by atoms with van der Waals surface area (Å²) in [5.74, 6) is 2.34. The van der Waals surface area contributed by atoms with E-state index in [9.17, 15) is 38.1 Å². The number of rotatable bonds is 18. The molecule has 4 saturated carbocycles. The van der Waals surface area contributed by atoms with E-state index in [0.29, 0.717) is 37.0 Å². The van der Waals surface area contributed by atoms with E-state index in [-0.39, 0.29) is 48.0 Å². The molecular formula is C50H79N2O15P. The smallest absolute Gasteiger partial charge is 0.446 e. The van der Waals surface area contributed by atoms with Crippen molar-refractivity contribution in [2.24, 2.45) is 47.3 Å². The van der Waals surface area contributed by atoms with Gasteiger partial charge in [-0.25, -0.2) is 4.57 Å². The zero-order valence-electron chi connectivity index (χ0n) is 41.4. The molecule has 68 heavy (non-hydrogen) atoms. The number of hydrogen-bond acceptors (Lipinski definition) is 13. The Kier molecular flexibility index (Phi) is 34.7. The predicted octanol–water partition coefficient (Wildman–Crippen LogP) is 9.14. The molecule has 4 rings (SSSR count). The summed E-state index contributed by atoms with van der Waals surface area (Å²) in [6.45, 7) is 1.10. The summed E-state index contributed by atoms with van der Waals surface area (Å²) in [7, 11) is 2.64. The van der Waals surface area contributed by atoms with Crippen LogP contribution in [0.2, 0.25) is 0 Å². The van der Waals surface area contributed by atoms with Gasteiger partial charge in [0.15, 0.2) is 0 Å². The quantitative estimate of drug-likeness (QED) is 0.0190. The first-order valence-electron chi connectivity index (χ1n) is 23.9. The number of carboxylic acids is 2. The van der Waals surface area contributed by atoms with Crippen molar-refractivity contribution in [3.63, 3.8) is 0 Å². The molecule has 0 spiro atoms. The number of esters is 3. The van der Waals surface area contributed by atoms with Crippen molar-refractivity contribution in [3.05, 3.63) is 5.53 Å². The molecule has 0 aromatic rings. The van der Waals surface area contributed by atoms with Crippen molar-refractivity contribution in [1.82, 2.24) is 0 Å². The Morgan fingerprint density at radius 3 is 1.21 bits per heavy atom. The molecule has 0 saturated heterocycles. The van der Waals surface area contributed by atoms with Crippen molar-refractivity contribution in [2.45, 2.75) is 161 Å². The average molecular weight is 979 g/mol. The maximum Gasteiger partial charge on any atom is 0.446 e. The lowest BCUT2D eigenvalue weighted by Crippen LogP contribution is -2.29. The minimum absolute atomic E-state index is 0.0645. The van der Waals surface area contributed by atoms with Gasteiger partial charge in [-0.1, -0.05) is 77.0 Å². The van der Waals surface area contributed by atoms with Gasteiger partial charge in [0.25, 0.3) is 0 Å². The molecule has 4 aliphatic carbocycles. The van der Waals surface area contributed by atoms with Crippen LogP contribution in [0.25, 0.3) is 5.53 Å². The molecule has 0 unspecified atom stereocenters. The fraction of sp³-hybridized carbons (Fsp3) is 0.760. The second-order valence-corrected chi connectivity index (χ2v) is 19.7. The Morgan fingerprint density at radius 1 is 0.603 bits per heavy atom. The summed E-state index contributed by atoms with van der Waals surface area (Å²) in [5, 5.41) is 17.7. The van der Waals surface area contributed by atoms with Gasteiger partial charge in [0.1, 0.15) is 6.29 Å². The summed E-state index contributed by atoms with van der Waals surface area (Å²) < 4.78 is 34.4. The fourth-order valence-electron chi connectivity index (χ4n) is 9.53. The predicted molar refractivity (Wildman–Crippen MR) is 255 cm³/mol. The van der Waals surface area contributed by atoms with Crippen LogP contribution in [-0.2, 0) is 61.4 Å². The van der Waals surface area contributed by atoms with Crippen LogP contribution in [0.1, 0.15) is 161 Å². The van der Waals surface area contributed by atoms with Crippen LogP contribution in [0.3, 0.4) is 0 Å². The first kappa shape index (κ1) is 63.3. The first-order chi connectivity index (χ1) is 32.5. The number of carbonyl (C=O) groups is 7. The van der Waals surface area contributed by atoms with E-state index in [1.165, 1.54) is 85.5 Å². The molecular weight excluding hydrogens is 900 g/mol. The van der Waals surface area contributed by atoms with Crippen LogP contribution in [0, 0.1) is 72.0 Å². The zero-order valence-corrected chi connectivity index (χ0v) is 42.3. The molecule has 4 atom stereocenters. The molecule has 0 bridgehead atoms. The largest absolute Gasteiger partial charge is 0.481 e. The number of methoxy groups -OCH3 is 3. The fourth-order valence-corrected chi connectivity index (χ4v) is 10.5. The number of aliphatic carboxylic acids is 2. The van der Waals surface area contributed by atoms with Gasteiger partial charge in [0.05, 0.1) is 51.4 Å². The number of aldehydes is 1. The van der Waals surface area contributed by atoms with Crippen molar-refractivity contribution in [3.8, 4) is 24.7 Å². The lowest BCUT2D eigenvalue weighted by atomic mass is 9.78. The van der Waals surface area contributed by atoms with E-state index in [2.05, 4.69) is 30.4 Å². The second kappa shape index (κ2) is 37.3. The maximum absolute atomic E-state index is 11.5. The third-order valence-electron chi connectivity index (χ3n) is 13.3. The van der Waals surface area contributed by atoms with Gasteiger partial charge >= 0.3 is 42.9 Å². The molecule has 4 aliphatic rings. The standard InChI is InChI=1S/C12H18O2.C11H18O4.C11H18O3.C11H16O2.C5H9N2O4P/c1-3-7-11(12(13)14-2)10-8-5-4-6-9-10;1-15-11(14)9(7-10(12)13)8-5-3-2-4-6-8;1-14-11(13)10(7-8-12)9-5-3-2-4-6-9;1-2-6-10(11(12)13)9-7-4-3-5-8-9;1-4(8)5(7-6)12(9,10-2)11-3/h1,10-11H,4-9H2,2H3;8-9H,2-7H2,1H3,(H,12,13);8-10H,2-7H2,1H3;1,9-10H,3-8H2,(H,12,13);1-3H3/t11-;9-;2*10-;/m0000./s1. The zero-order chi connectivity index (χ0) is 51.5. The van der Waals surface area contributed by atoms with Crippen LogP contribution in [0.5, 0.6) is 0 Å². The molecule has 0 amide bonds. The molecule has 0 aromatic heterocycles. The van der Waals surface area contributed by atoms with E-state index in [4.69, 9.17) is 38.1 Å². The Balaban J connectivity index is 0.000000827. The number of carboxylic acid groups (broad SMARTS) is 2. The molecule has 4 fully saturated rings. The van der Waals surface area contributed by atoms with Crippen molar-refractivity contribution in [1.29, 1.82) is 0 Å². The highest BCUT2D eigenvalue weighted by Gasteiger charge is 2.42. The van der Waals surface area contributed by atoms with Crippen LogP contribution in [-0.4, -0.2) is 97.9 Å². The minimum atomic E-state index is -3.70. The minimum Gasteiger partial charge on any atom is -0.481 e. The lowest BCUT2D eigenvalue weighted by Gasteiger charge is -2.27. The van der Waals surface area contributed by atoms with Gasteiger partial charge in [-0.05, 0) is 75.0 Å². The van der Waals surface area contributed by atoms with Gasteiger partial charge in [0.2, 0.25) is 5.78 Å². The van der Waals surface area contributed by atoms with Gasteiger partial charge in [-0.2, -0.15) is 4.79 Å². The van der Waals surface area contributed by atoms with E-state index >= 15 is 0 Å². The van der Waals surface area contributed by atoms with E-state index in [1.54, 1.807) is 0 Å². The molecule has 0 radical (unpaired) electrons. The van der Waals surface area contributed by atoms with Gasteiger partial charge in [-0.3, -0.25) is 28.8 Å². The summed E-state index contributed by atoms with van der Waals surface area (Å²) in [5.41, 5.74) is 7.73. The number of terminal acetylenes is 2. The molecule has 0 heterocycles. The Morgan fingerprint density at radius 2 is 0.926 bits per heavy atom. The molecule has 384 valence electrons. The van der Waals surface area contributed by atoms with Crippen molar-refractivity contribution < 1.29 is 76.4 Å². The molecule has 0 aromatic carbocycles. The van der Waals surface area contributed by atoms with Crippen LogP contribution < -0.4 is 0 Å². The number of ether oxygens (including phenoxy) is 3. The number of carbonyl (C=O) groups excluding carboxylic acids is 5. The molecule has 0 aliphatic heterocycles. The van der Waals surface area contributed by atoms with Gasteiger partial charge in [0, 0.05) is 40.4 Å². The van der Waals surface area contributed by atoms with E-state index in [0.717, 1.165) is 91.6 Å². The number of ketones is 1. The van der Waals surface area contributed by atoms with Gasteiger partial charge in [-0.15, -0.1) is 24.7 Å². The Labute approximate surface area is 404 Å². The van der Waals surface area contributed by atoms with E-state index in [1.807, 2.05) is 0 Å². The first-order valence-corrected chi connectivity index (χ1v) is 25.5. The Hall–Kier alpha value is -4.66. The van der Waals surface area contributed by atoms with Crippen LogP contribution in [0.4, 0.5) is 0 Å². The topological polar surface area (TPSA) is 260 Å². The highest BCUT2D eigenvalue weighted by atomic mass is 31.2. The average Bonchev–Trinajstić information content (AvgIpc) is 3.36. The molecule has 18 heteroatoms. The van der Waals surface area contributed by atoms with Gasteiger partial charge < -0.3 is 43.8 Å². The highest BCUT2D eigenvalue weighted by Crippen LogP contribution is 2.47. The number of Topliss-reactive ketones (excluding diaryl/α,β-unsaturated/α-hetero) is 1. The SMILES string of the molecule is C#CC[C@H](C(=O)O)C1CCCCC1.C#CC[C@H](C(=O)OC)C1CCCCC1.COC(=O)[C@@H](CC(=O)O)C1CCCCC1.COC(=O)[C@@H](CC=O)C1CCCCC1.COP(=O)(OC)C(=[N+]=[N-])C(C)=O. The van der Waals surface area contributed by atoms with E-state index < -0.39 is 36.7 Å². The van der Waals surface area contributed by atoms with Crippen molar-refractivity contribution in [2.75, 3.05) is 35.5 Å². The highest BCUT2D eigenvalue weighted by molar-refractivity contribution is 7.74. The summed E-state index contributed by atoms with van der Waals surface area (Å²) in [6.07, 6.45) is 35.1. The van der Waals surface area contributed by atoms with Crippen LogP contribution >= 0.6 is 7.60 Å². The summed E-state index contributed by atoms with van der Waals surface area (Å²) in [6, 6.07) is 0. The number of hydrogen-bond donors (Lipinski definition) is 2. The Bertz CT molecular complexity index is 1720. The molecule has 2 N–H and O–H groups in total. The third-order valence-corrected chi connectivity index (χ3v) is 15.2. The monoisotopic (exact) mass is 979 g/mol. The summed E-state index contributed by atoms with van der Waals surface area (Å²) in [4.78, 5) is 79.7. The van der Waals surface area contributed by atoms with Crippen molar-refractivity contribution >= 4 is 55.0 Å². The number of nitrogens with zero attached hydrogens (tertiary/aromatic N) is 2. The summed E-state index contributed by atoms with van der Waals surface area (Å²) >= 11 is 0. The normalized spacial score (nSPS) is 18.3. The molecule has 17 nitrogen and oxygen atoms in total. The lowest BCUT2D eigenvalue weighted by molar-refractivity contribution is -0.153. The third kappa shape index (κ3) is 24.1. The maximum atomic E-state index is 11.5. The second-order valence-electron chi connectivity index (χ2n) is 17.6.